The molecule has 0 fully saturated rings. The van der Waals surface area contributed by atoms with Crippen LogP contribution in [-0.2, 0) is 0 Å². The molecule has 0 saturated heterocycles. The van der Waals surface area contributed by atoms with Gasteiger partial charge in [-0.3, -0.25) is 0 Å². The first-order valence-corrected chi connectivity index (χ1v) is 8.08. The van der Waals surface area contributed by atoms with Crippen LogP contribution >= 0.6 is 0 Å². The number of fused-ring (bicyclic) bond motifs is 1. The van der Waals surface area contributed by atoms with E-state index < -0.39 is 0 Å². The Hall–Kier alpha value is -3.19. The number of para-hydroxylation sites is 1. The van der Waals surface area contributed by atoms with Crippen molar-refractivity contribution in [3.05, 3.63) is 102 Å². The standard InChI is InChI=1S/C23H17N/c1-3-9-18(10-4-1)15-16-23-21(19-11-5-2-6-12-19)17-20-13-7-8-14-22(20)24-23/h1-17H/b16-15+. The van der Waals surface area contributed by atoms with E-state index in [-0.39, 0.29) is 0 Å². The van der Waals surface area contributed by atoms with Gasteiger partial charge < -0.3 is 0 Å². The van der Waals surface area contributed by atoms with E-state index in [9.17, 15) is 0 Å². The first kappa shape index (κ1) is 14.4. The zero-order valence-electron chi connectivity index (χ0n) is 13.3. The quantitative estimate of drug-likeness (QED) is 0.447. The van der Waals surface area contributed by atoms with Crippen LogP contribution in [0.2, 0.25) is 0 Å². The van der Waals surface area contributed by atoms with Crippen LogP contribution in [-0.4, -0.2) is 4.98 Å². The van der Waals surface area contributed by atoms with Gasteiger partial charge in [0.1, 0.15) is 0 Å². The molecule has 1 heteroatoms. The molecule has 1 aromatic heterocycles. The molecule has 1 nitrogen and oxygen atoms in total. The van der Waals surface area contributed by atoms with Crippen molar-refractivity contribution in [3.63, 3.8) is 0 Å². The van der Waals surface area contributed by atoms with Gasteiger partial charge in [0.2, 0.25) is 0 Å². The second-order valence-corrected chi connectivity index (χ2v) is 5.72. The summed E-state index contributed by atoms with van der Waals surface area (Å²) in [6, 6.07) is 31.2. The van der Waals surface area contributed by atoms with E-state index in [1.165, 1.54) is 11.1 Å². The minimum Gasteiger partial charge on any atom is -0.248 e. The fourth-order valence-corrected chi connectivity index (χ4v) is 2.85. The highest BCUT2D eigenvalue weighted by Gasteiger charge is 2.06. The predicted molar refractivity (Wildman–Crippen MR) is 103 cm³/mol. The van der Waals surface area contributed by atoms with Crippen molar-refractivity contribution in [2.45, 2.75) is 0 Å². The van der Waals surface area contributed by atoms with E-state index in [1.807, 2.05) is 30.3 Å². The first-order valence-electron chi connectivity index (χ1n) is 8.08. The molecule has 3 aromatic carbocycles. The summed E-state index contributed by atoms with van der Waals surface area (Å²) in [4.78, 5) is 4.88. The van der Waals surface area contributed by atoms with Crippen molar-refractivity contribution in [1.29, 1.82) is 0 Å². The maximum Gasteiger partial charge on any atom is 0.0715 e. The minimum absolute atomic E-state index is 0.990. The molecule has 0 N–H and O–H groups in total. The van der Waals surface area contributed by atoms with Crippen LogP contribution in [0.5, 0.6) is 0 Å². The molecule has 24 heavy (non-hydrogen) atoms. The summed E-state index contributed by atoms with van der Waals surface area (Å²) in [5.74, 6) is 0. The summed E-state index contributed by atoms with van der Waals surface area (Å²) < 4.78 is 0. The monoisotopic (exact) mass is 307 g/mol. The Kier molecular flexibility index (Phi) is 3.91. The van der Waals surface area contributed by atoms with Crippen molar-refractivity contribution >= 4 is 23.1 Å². The first-order chi connectivity index (χ1) is 11.9. The zero-order valence-corrected chi connectivity index (χ0v) is 13.3. The van der Waals surface area contributed by atoms with Crippen LogP contribution in [0.3, 0.4) is 0 Å². The highest BCUT2D eigenvalue weighted by atomic mass is 14.7. The van der Waals surface area contributed by atoms with E-state index in [1.54, 1.807) is 0 Å². The third-order valence-corrected chi connectivity index (χ3v) is 4.07. The molecule has 0 radical (unpaired) electrons. The fourth-order valence-electron chi connectivity index (χ4n) is 2.85. The van der Waals surface area contributed by atoms with Gasteiger partial charge in [-0.25, -0.2) is 4.98 Å². The summed E-state index contributed by atoms with van der Waals surface area (Å²) in [5.41, 5.74) is 5.52. The second kappa shape index (κ2) is 6.51. The normalized spacial score (nSPS) is 11.2. The maximum atomic E-state index is 4.88. The number of aromatic nitrogens is 1. The third kappa shape index (κ3) is 2.97. The number of hydrogen-bond acceptors (Lipinski definition) is 1. The summed E-state index contributed by atoms with van der Waals surface area (Å²) >= 11 is 0. The zero-order chi connectivity index (χ0) is 16.2. The molecule has 0 atom stereocenters. The minimum atomic E-state index is 0.990. The molecule has 0 bridgehead atoms. The van der Waals surface area contributed by atoms with Gasteiger partial charge in [0.15, 0.2) is 0 Å². The molecule has 114 valence electrons. The number of nitrogens with zero attached hydrogens (tertiary/aromatic N) is 1. The molecule has 0 aliphatic rings. The molecule has 4 aromatic rings. The van der Waals surface area contributed by atoms with Crippen LogP contribution in [0.4, 0.5) is 0 Å². The molecule has 0 amide bonds. The van der Waals surface area contributed by atoms with Gasteiger partial charge in [0, 0.05) is 10.9 Å². The molecule has 1 heterocycles. The van der Waals surface area contributed by atoms with Crippen LogP contribution in [0.25, 0.3) is 34.2 Å². The van der Waals surface area contributed by atoms with Crippen LogP contribution in [0, 0.1) is 0 Å². The predicted octanol–water partition coefficient (Wildman–Crippen LogP) is 6.07. The summed E-state index contributed by atoms with van der Waals surface area (Å²) in [5, 5.41) is 1.16. The topological polar surface area (TPSA) is 12.9 Å². The van der Waals surface area contributed by atoms with Crippen LogP contribution in [0.15, 0.2) is 91.0 Å². The average molecular weight is 307 g/mol. The fraction of sp³-hybridized carbons (Fsp3) is 0. The van der Waals surface area contributed by atoms with Crippen molar-refractivity contribution < 1.29 is 0 Å². The van der Waals surface area contributed by atoms with Crippen molar-refractivity contribution in [2.75, 3.05) is 0 Å². The second-order valence-electron chi connectivity index (χ2n) is 5.72. The van der Waals surface area contributed by atoms with Gasteiger partial charge in [-0.1, -0.05) is 84.9 Å². The van der Waals surface area contributed by atoms with Crippen LogP contribution < -0.4 is 0 Å². The Morgan fingerprint density at radius 3 is 2.08 bits per heavy atom. The highest BCUT2D eigenvalue weighted by molar-refractivity contribution is 5.89. The van der Waals surface area contributed by atoms with Gasteiger partial charge in [0.05, 0.1) is 11.2 Å². The van der Waals surface area contributed by atoms with Gasteiger partial charge >= 0.3 is 0 Å². The smallest absolute Gasteiger partial charge is 0.0715 e. The Balaban J connectivity index is 1.87. The van der Waals surface area contributed by atoms with Gasteiger partial charge in [-0.15, -0.1) is 0 Å². The molecule has 0 aliphatic carbocycles. The Bertz CT molecular complexity index is 986. The lowest BCUT2D eigenvalue weighted by atomic mass is 10.0. The van der Waals surface area contributed by atoms with E-state index in [2.05, 4.69) is 72.8 Å². The lowest BCUT2D eigenvalue weighted by molar-refractivity contribution is 1.37. The molecule has 0 spiro atoms. The Morgan fingerprint density at radius 2 is 1.29 bits per heavy atom. The highest BCUT2D eigenvalue weighted by Crippen LogP contribution is 2.27. The largest absolute Gasteiger partial charge is 0.248 e. The lowest BCUT2D eigenvalue weighted by Gasteiger charge is -2.08. The molecule has 4 rings (SSSR count). The van der Waals surface area contributed by atoms with Crippen LogP contribution in [0.1, 0.15) is 11.3 Å². The van der Waals surface area contributed by atoms with E-state index in [0.29, 0.717) is 0 Å². The van der Waals surface area contributed by atoms with Gasteiger partial charge in [0.25, 0.3) is 0 Å². The SMILES string of the molecule is C(=C\c1nc2ccccc2cc1-c1ccccc1)/c1ccccc1. The van der Waals surface area contributed by atoms with E-state index in [4.69, 9.17) is 4.98 Å². The Labute approximate surface area is 141 Å². The molecule has 0 saturated carbocycles. The summed E-state index contributed by atoms with van der Waals surface area (Å²) in [6.07, 6.45) is 4.22. The van der Waals surface area contributed by atoms with Crippen molar-refractivity contribution in [3.8, 4) is 11.1 Å². The number of benzene rings is 3. The number of rotatable bonds is 3. The van der Waals surface area contributed by atoms with Gasteiger partial charge in [-0.2, -0.15) is 0 Å². The van der Waals surface area contributed by atoms with E-state index >= 15 is 0 Å². The third-order valence-electron chi connectivity index (χ3n) is 4.07. The van der Waals surface area contributed by atoms with E-state index in [0.717, 1.165) is 22.2 Å². The Morgan fingerprint density at radius 1 is 0.625 bits per heavy atom. The van der Waals surface area contributed by atoms with Crippen molar-refractivity contribution in [2.24, 2.45) is 0 Å². The molecule has 0 unspecified atom stereocenters. The molecular weight excluding hydrogens is 290 g/mol. The maximum absolute atomic E-state index is 4.88. The molecular formula is C23H17N. The lowest BCUT2D eigenvalue weighted by Crippen LogP contribution is -1.90. The molecule has 0 aliphatic heterocycles. The number of pyridine rings is 1. The van der Waals surface area contributed by atoms with Gasteiger partial charge in [-0.05, 0) is 29.3 Å². The number of hydrogen-bond donors (Lipinski definition) is 0. The van der Waals surface area contributed by atoms with Crippen molar-refractivity contribution in [1.82, 2.24) is 4.98 Å². The summed E-state index contributed by atoms with van der Waals surface area (Å²) in [7, 11) is 0. The summed E-state index contributed by atoms with van der Waals surface area (Å²) in [6.45, 7) is 0. The average Bonchev–Trinajstić information content (AvgIpc) is 2.67.